The molecule has 1 saturated heterocycles. The second-order valence-corrected chi connectivity index (χ2v) is 5.75. The highest BCUT2D eigenvalue weighted by Gasteiger charge is 2.25. The Morgan fingerprint density at radius 2 is 2.00 bits per heavy atom. The van der Waals surface area contributed by atoms with Crippen LogP contribution in [0.3, 0.4) is 0 Å². The van der Waals surface area contributed by atoms with Crippen LogP contribution in [0.2, 0.25) is 0 Å². The molecule has 1 heterocycles. The first-order valence-corrected chi connectivity index (χ1v) is 7.61. The predicted molar refractivity (Wildman–Crippen MR) is 74.2 cm³/mol. The van der Waals surface area contributed by atoms with Gasteiger partial charge in [-0.3, -0.25) is 0 Å². The third-order valence-corrected chi connectivity index (χ3v) is 4.29. The second kappa shape index (κ2) is 8.93. The highest BCUT2D eigenvalue weighted by atomic mass is 16.3. The number of hydrogen-bond acceptors (Lipinski definition) is 2. The van der Waals surface area contributed by atoms with E-state index in [0.717, 1.165) is 18.4 Å². The quantitative estimate of drug-likeness (QED) is 0.626. The maximum Gasteiger partial charge on any atom is 0.0558 e. The van der Waals surface area contributed by atoms with E-state index in [1.54, 1.807) is 0 Å². The summed E-state index contributed by atoms with van der Waals surface area (Å²) in [6, 6.07) is 0. The fourth-order valence-corrected chi connectivity index (χ4v) is 2.98. The molecule has 0 aliphatic carbocycles. The van der Waals surface area contributed by atoms with Crippen LogP contribution >= 0.6 is 0 Å². The highest BCUT2D eigenvalue weighted by Crippen LogP contribution is 2.27. The molecule has 2 atom stereocenters. The molecule has 0 radical (unpaired) electrons. The van der Waals surface area contributed by atoms with Crippen LogP contribution in [0.1, 0.15) is 58.8 Å². The maximum atomic E-state index is 8.93. The van der Waals surface area contributed by atoms with E-state index in [4.69, 9.17) is 5.11 Å². The van der Waals surface area contributed by atoms with Gasteiger partial charge >= 0.3 is 0 Å². The molecule has 17 heavy (non-hydrogen) atoms. The van der Waals surface area contributed by atoms with Crippen LogP contribution < -0.4 is 0 Å². The monoisotopic (exact) mass is 241 g/mol. The van der Waals surface area contributed by atoms with Gasteiger partial charge in [0.05, 0.1) is 6.61 Å². The number of aliphatic hydroxyl groups is 1. The predicted octanol–water partition coefficient (Wildman–Crippen LogP) is 3.30. The number of rotatable bonds is 9. The first-order chi connectivity index (χ1) is 8.27. The number of aliphatic hydroxyl groups excluding tert-OH is 1. The second-order valence-electron chi connectivity index (χ2n) is 5.75. The van der Waals surface area contributed by atoms with E-state index in [-0.39, 0.29) is 0 Å². The van der Waals surface area contributed by atoms with E-state index in [9.17, 15) is 0 Å². The molecule has 1 aliphatic rings. The lowest BCUT2D eigenvalue weighted by atomic mass is 9.88. The molecule has 0 saturated carbocycles. The summed E-state index contributed by atoms with van der Waals surface area (Å²) in [6.45, 7) is 8.31. The lowest BCUT2D eigenvalue weighted by Gasteiger charge is -2.20. The topological polar surface area (TPSA) is 23.5 Å². The van der Waals surface area contributed by atoms with Crippen molar-refractivity contribution in [3.05, 3.63) is 0 Å². The summed E-state index contributed by atoms with van der Waals surface area (Å²) in [7, 11) is 0. The molecule has 2 unspecified atom stereocenters. The van der Waals surface area contributed by atoms with Gasteiger partial charge in [-0.05, 0) is 24.8 Å². The van der Waals surface area contributed by atoms with E-state index < -0.39 is 0 Å². The van der Waals surface area contributed by atoms with Gasteiger partial charge in [-0.15, -0.1) is 0 Å². The Morgan fingerprint density at radius 1 is 1.24 bits per heavy atom. The van der Waals surface area contributed by atoms with Crippen molar-refractivity contribution in [1.82, 2.24) is 4.90 Å². The van der Waals surface area contributed by atoms with Gasteiger partial charge in [-0.2, -0.15) is 0 Å². The van der Waals surface area contributed by atoms with Crippen molar-refractivity contribution >= 4 is 0 Å². The number of nitrogens with zero attached hydrogens (tertiary/aromatic N) is 1. The van der Waals surface area contributed by atoms with Crippen LogP contribution in [0.4, 0.5) is 0 Å². The summed E-state index contributed by atoms with van der Waals surface area (Å²) in [5, 5.41) is 8.93. The molecule has 0 bridgehead atoms. The normalized spacial score (nSPS) is 23.1. The zero-order chi connectivity index (χ0) is 12.5. The minimum Gasteiger partial charge on any atom is -0.395 e. The average molecular weight is 241 g/mol. The molecule has 1 rings (SSSR count). The van der Waals surface area contributed by atoms with Crippen LogP contribution in [0.25, 0.3) is 0 Å². The van der Waals surface area contributed by atoms with Gasteiger partial charge in [0.15, 0.2) is 0 Å². The minimum atomic E-state index is 0.318. The molecular formula is C15H31NO. The fourth-order valence-electron chi connectivity index (χ4n) is 2.98. The SMILES string of the molecule is CCCCCCCC(C)C1CCN(CCO)C1. The van der Waals surface area contributed by atoms with Crippen molar-refractivity contribution in [3.63, 3.8) is 0 Å². The molecule has 1 aliphatic heterocycles. The van der Waals surface area contributed by atoms with Gasteiger partial charge in [-0.25, -0.2) is 0 Å². The number of likely N-dealkylation sites (tertiary alicyclic amines) is 1. The van der Waals surface area contributed by atoms with E-state index >= 15 is 0 Å². The molecule has 0 aromatic rings. The van der Waals surface area contributed by atoms with Gasteiger partial charge in [0, 0.05) is 13.1 Å². The van der Waals surface area contributed by atoms with E-state index in [1.165, 1.54) is 58.0 Å². The zero-order valence-electron chi connectivity index (χ0n) is 11.8. The van der Waals surface area contributed by atoms with Crippen molar-refractivity contribution in [2.75, 3.05) is 26.2 Å². The summed E-state index contributed by atoms with van der Waals surface area (Å²) >= 11 is 0. The third kappa shape index (κ3) is 5.87. The molecule has 1 fully saturated rings. The van der Waals surface area contributed by atoms with Crippen LogP contribution in [0.5, 0.6) is 0 Å². The van der Waals surface area contributed by atoms with Crippen LogP contribution in [0, 0.1) is 11.8 Å². The van der Waals surface area contributed by atoms with Crippen molar-refractivity contribution in [3.8, 4) is 0 Å². The van der Waals surface area contributed by atoms with Crippen molar-refractivity contribution in [1.29, 1.82) is 0 Å². The molecule has 102 valence electrons. The van der Waals surface area contributed by atoms with Crippen molar-refractivity contribution in [2.24, 2.45) is 11.8 Å². The third-order valence-electron chi connectivity index (χ3n) is 4.29. The van der Waals surface area contributed by atoms with Crippen LogP contribution in [0.15, 0.2) is 0 Å². The van der Waals surface area contributed by atoms with Crippen LogP contribution in [-0.4, -0.2) is 36.2 Å². The molecule has 0 aromatic heterocycles. The molecule has 0 amide bonds. The molecule has 0 spiro atoms. The van der Waals surface area contributed by atoms with Crippen molar-refractivity contribution in [2.45, 2.75) is 58.8 Å². The Morgan fingerprint density at radius 3 is 2.71 bits per heavy atom. The van der Waals surface area contributed by atoms with E-state index in [0.29, 0.717) is 6.61 Å². The van der Waals surface area contributed by atoms with E-state index in [1.807, 2.05) is 0 Å². The first-order valence-electron chi connectivity index (χ1n) is 7.61. The molecule has 2 heteroatoms. The number of unbranched alkanes of at least 4 members (excludes halogenated alkanes) is 4. The Balaban J connectivity index is 2.05. The Labute approximate surface area is 107 Å². The van der Waals surface area contributed by atoms with Gasteiger partial charge in [0.25, 0.3) is 0 Å². The molecule has 1 N–H and O–H groups in total. The Kier molecular flexibility index (Phi) is 7.87. The maximum absolute atomic E-state index is 8.93. The van der Waals surface area contributed by atoms with Gasteiger partial charge < -0.3 is 10.0 Å². The van der Waals surface area contributed by atoms with E-state index in [2.05, 4.69) is 18.7 Å². The lowest BCUT2D eigenvalue weighted by molar-refractivity contribution is 0.210. The molecular weight excluding hydrogens is 210 g/mol. The van der Waals surface area contributed by atoms with Gasteiger partial charge in [-0.1, -0.05) is 52.4 Å². The summed E-state index contributed by atoms with van der Waals surface area (Å²) in [4.78, 5) is 2.41. The standard InChI is InChI=1S/C15H31NO/c1-3-4-5-6-7-8-14(2)15-9-10-16(13-15)11-12-17/h14-15,17H,3-13H2,1-2H3. The van der Waals surface area contributed by atoms with Crippen molar-refractivity contribution < 1.29 is 5.11 Å². The Hall–Kier alpha value is -0.0800. The first kappa shape index (κ1) is 15.0. The average Bonchev–Trinajstić information content (AvgIpc) is 2.78. The smallest absolute Gasteiger partial charge is 0.0558 e. The van der Waals surface area contributed by atoms with Crippen LogP contribution in [-0.2, 0) is 0 Å². The molecule has 2 nitrogen and oxygen atoms in total. The Bertz CT molecular complexity index is 184. The minimum absolute atomic E-state index is 0.318. The largest absolute Gasteiger partial charge is 0.395 e. The zero-order valence-corrected chi connectivity index (χ0v) is 11.8. The van der Waals surface area contributed by atoms with Gasteiger partial charge in [0.1, 0.15) is 0 Å². The highest BCUT2D eigenvalue weighted by molar-refractivity contribution is 4.79. The fraction of sp³-hybridized carbons (Fsp3) is 1.00. The molecule has 0 aromatic carbocycles. The lowest BCUT2D eigenvalue weighted by Crippen LogP contribution is -2.25. The summed E-state index contributed by atoms with van der Waals surface area (Å²) in [5.41, 5.74) is 0. The number of hydrogen-bond donors (Lipinski definition) is 1. The van der Waals surface area contributed by atoms with Gasteiger partial charge in [0.2, 0.25) is 0 Å². The number of β-amino-alcohol motifs (C(OH)–C–C–N with tert-alkyl or cyclic N) is 1. The summed E-state index contributed by atoms with van der Waals surface area (Å²) < 4.78 is 0. The summed E-state index contributed by atoms with van der Waals surface area (Å²) in [5.74, 6) is 1.76. The summed E-state index contributed by atoms with van der Waals surface area (Å²) in [6.07, 6.45) is 9.75.